The molecule has 0 fully saturated rings. The first-order valence-corrected chi connectivity index (χ1v) is 5.52. The maximum atomic E-state index is 11.1. The molecule has 1 aromatic carbocycles. The Morgan fingerprint density at radius 2 is 2.19 bits per heavy atom. The molecule has 86 valence electrons. The molecule has 0 bridgehead atoms. The van der Waals surface area contributed by atoms with Crippen molar-refractivity contribution in [3.05, 3.63) is 47.5 Å². The van der Waals surface area contributed by atoms with Gasteiger partial charge in [0.2, 0.25) is 0 Å². The van der Waals surface area contributed by atoms with Gasteiger partial charge >= 0.3 is 5.97 Å². The Balaban J connectivity index is 2.88. The van der Waals surface area contributed by atoms with E-state index in [0.717, 1.165) is 5.56 Å². The molecule has 3 heteroatoms. The molecule has 0 spiro atoms. The molecule has 1 rings (SSSR count). The van der Waals surface area contributed by atoms with Crippen LogP contribution in [0, 0.1) is 11.8 Å². The lowest BCUT2D eigenvalue weighted by Gasteiger charge is -2.17. The molecule has 0 saturated carbocycles. The van der Waals surface area contributed by atoms with Crippen molar-refractivity contribution < 1.29 is 9.90 Å². The summed E-state index contributed by atoms with van der Waals surface area (Å²) < 4.78 is 0. The zero-order valence-corrected chi connectivity index (χ0v) is 9.95. The van der Waals surface area contributed by atoms with Gasteiger partial charge in [0.25, 0.3) is 0 Å². The van der Waals surface area contributed by atoms with E-state index in [1.54, 1.807) is 12.1 Å². The molecule has 0 saturated heterocycles. The van der Waals surface area contributed by atoms with E-state index < -0.39 is 11.9 Å². The molecule has 0 radical (unpaired) electrons. The Morgan fingerprint density at radius 1 is 1.56 bits per heavy atom. The molecular weight excluding hydrogens is 224 g/mol. The van der Waals surface area contributed by atoms with Crippen LogP contribution < -0.4 is 0 Å². The van der Waals surface area contributed by atoms with Gasteiger partial charge in [0, 0.05) is 5.02 Å². The third-order valence-corrected chi connectivity index (χ3v) is 3.09. The fourth-order valence-electron chi connectivity index (χ4n) is 1.56. The lowest BCUT2D eigenvalue weighted by atomic mass is 9.88. The predicted molar refractivity (Wildman–Crippen MR) is 65.6 cm³/mol. The predicted octanol–water partition coefficient (Wildman–Crippen LogP) is 3.41. The van der Waals surface area contributed by atoms with Gasteiger partial charge < -0.3 is 5.11 Å². The number of benzene rings is 1. The SMILES string of the molecule is C=CC(C)C(Cc1ccccc1Cl)C(=O)O. The van der Waals surface area contributed by atoms with Crippen molar-refractivity contribution in [2.45, 2.75) is 13.3 Å². The zero-order chi connectivity index (χ0) is 12.1. The summed E-state index contributed by atoms with van der Waals surface area (Å²) in [6.07, 6.45) is 2.10. The van der Waals surface area contributed by atoms with E-state index in [4.69, 9.17) is 16.7 Å². The largest absolute Gasteiger partial charge is 0.481 e. The number of aliphatic carboxylic acids is 1. The Bertz CT molecular complexity index is 387. The second kappa shape index (κ2) is 5.71. The second-order valence-electron chi connectivity index (χ2n) is 3.84. The van der Waals surface area contributed by atoms with E-state index >= 15 is 0 Å². The number of allylic oxidation sites excluding steroid dienone is 1. The first kappa shape index (κ1) is 12.8. The molecule has 1 aromatic rings. The summed E-state index contributed by atoms with van der Waals surface area (Å²) in [5.74, 6) is -1.36. The van der Waals surface area contributed by atoms with Crippen LogP contribution in [0.15, 0.2) is 36.9 Å². The summed E-state index contributed by atoms with van der Waals surface area (Å²) in [6.45, 7) is 5.48. The fourth-order valence-corrected chi connectivity index (χ4v) is 1.78. The van der Waals surface area contributed by atoms with Crippen molar-refractivity contribution in [2.75, 3.05) is 0 Å². The summed E-state index contributed by atoms with van der Waals surface area (Å²) in [5.41, 5.74) is 0.866. The highest BCUT2D eigenvalue weighted by molar-refractivity contribution is 6.31. The number of carbonyl (C=O) groups is 1. The lowest BCUT2D eigenvalue weighted by Crippen LogP contribution is -2.22. The first-order valence-electron chi connectivity index (χ1n) is 5.15. The summed E-state index contributed by atoms with van der Waals surface area (Å²) in [4.78, 5) is 11.1. The molecule has 0 aliphatic carbocycles. The molecule has 0 aliphatic rings. The number of hydrogen-bond donors (Lipinski definition) is 1. The third-order valence-electron chi connectivity index (χ3n) is 2.72. The maximum absolute atomic E-state index is 11.1. The van der Waals surface area contributed by atoms with Gasteiger partial charge in [-0.3, -0.25) is 4.79 Å². The molecule has 2 unspecified atom stereocenters. The maximum Gasteiger partial charge on any atom is 0.307 e. The molecule has 0 heterocycles. The van der Waals surface area contributed by atoms with Crippen molar-refractivity contribution in [1.29, 1.82) is 0 Å². The summed E-state index contributed by atoms with van der Waals surface area (Å²) in [6, 6.07) is 7.32. The van der Waals surface area contributed by atoms with Crippen LogP contribution >= 0.6 is 11.6 Å². The van der Waals surface area contributed by atoms with Gasteiger partial charge in [-0.05, 0) is 24.0 Å². The molecule has 2 nitrogen and oxygen atoms in total. The van der Waals surface area contributed by atoms with E-state index in [-0.39, 0.29) is 5.92 Å². The molecular formula is C13H15ClO2. The molecule has 2 atom stereocenters. The van der Waals surface area contributed by atoms with E-state index in [1.807, 2.05) is 25.1 Å². The molecule has 16 heavy (non-hydrogen) atoms. The normalized spacial score (nSPS) is 14.1. The lowest BCUT2D eigenvalue weighted by molar-refractivity contribution is -0.142. The van der Waals surface area contributed by atoms with E-state index in [1.165, 1.54) is 0 Å². The number of carboxylic acid groups (broad SMARTS) is 1. The quantitative estimate of drug-likeness (QED) is 0.799. The van der Waals surface area contributed by atoms with Gasteiger partial charge in [-0.25, -0.2) is 0 Å². The first-order chi connectivity index (χ1) is 7.56. The number of rotatable bonds is 5. The minimum Gasteiger partial charge on any atom is -0.481 e. The highest BCUT2D eigenvalue weighted by atomic mass is 35.5. The van der Waals surface area contributed by atoms with E-state index in [2.05, 4.69) is 6.58 Å². The Morgan fingerprint density at radius 3 is 2.69 bits per heavy atom. The van der Waals surface area contributed by atoms with Crippen LogP contribution in [0.25, 0.3) is 0 Å². The Labute approximate surface area is 101 Å². The smallest absolute Gasteiger partial charge is 0.307 e. The topological polar surface area (TPSA) is 37.3 Å². The summed E-state index contributed by atoms with van der Waals surface area (Å²) >= 11 is 6.00. The van der Waals surface area contributed by atoms with E-state index in [0.29, 0.717) is 11.4 Å². The minimum atomic E-state index is -0.813. The Kier molecular flexibility index (Phi) is 4.56. The van der Waals surface area contributed by atoms with Gasteiger partial charge in [0.15, 0.2) is 0 Å². The molecule has 0 aliphatic heterocycles. The van der Waals surface area contributed by atoms with E-state index in [9.17, 15) is 4.79 Å². The Hall–Kier alpha value is -1.28. The fraction of sp³-hybridized carbons (Fsp3) is 0.308. The van der Waals surface area contributed by atoms with Gasteiger partial charge in [0.1, 0.15) is 0 Å². The number of carboxylic acids is 1. The van der Waals surface area contributed by atoms with Crippen LogP contribution in [0.3, 0.4) is 0 Å². The van der Waals surface area contributed by atoms with Gasteiger partial charge in [0.05, 0.1) is 5.92 Å². The minimum absolute atomic E-state index is 0.0752. The van der Waals surface area contributed by atoms with Crippen LogP contribution in [0.2, 0.25) is 5.02 Å². The molecule has 1 N–H and O–H groups in total. The van der Waals surface area contributed by atoms with Crippen LogP contribution in [0.4, 0.5) is 0 Å². The standard InChI is InChI=1S/C13H15ClO2/c1-3-9(2)11(13(15)16)8-10-6-4-5-7-12(10)14/h3-7,9,11H,1,8H2,2H3,(H,15,16). The average molecular weight is 239 g/mol. The van der Waals surface area contributed by atoms with Crippen LogP contribution in [-0.2, 0) is 11.2 Å². The van der Waals surface area contributed by atoms with Crippen LogP contribution in [0.5, 0.6) is 0 Å². The number of hydrogen-bond acceptors (Lipinski definition) is 1. The molecule has 0 amide bonds. The second-order valence-corrected chi connectivity index (χ2v) is 4.24. The van der Waals surface area contributed by atoms with Crippen molar-refractivity contribution >= 4 is 17.6 Å². The molecule has 0 aromatic heterocycles. The van der Waals surface area contributed by atoms with Crippen molar-refractivity contribution in [3.8, 4) is 0 Å². The van der Waals surface area contributed by atoms with Crippen LogP contribution in [-0.4, -0.2) is 11.1 Å². The van der Waals surface area contributed by atoms with Crippen molar-refractivity contribution in [1.82, 2.24) is 0 Å². The monoisotopic (exact) mass is 238 g/mol. The van der Waals surface area contributed by atoms with Crippen molar-refractivity contribution in [2.24, 2.45) is 11.8 Å². The van der Waals surface area contributed by atoms with Crippen LogP contribution in [0.1, 0.15) is 12.5 Å². The third kappa shape index (κ3) is 3.11. The zero-order valence-electron chi connectivity index (χ0n) is 9.19. The highest BCUT2D eigenvalue weighted by Gasteiger charge is 2.23. The summed E-state index contributed by atoms with van der Waals surface area (Å²) in [7, 11) is 0. The number of halogens is 1. The van der Waals surface area contributed by atoms with Crippen molar-refractivity contribution in [3.63, 3.8) is 0 Å². The van der Waals surface area contributed by atoms with Gasteiger partial charge in [-0.15, -0.1) is 6.58 Å². The highest BCUT2D eigenvalue weighted by Crippen LogP contribution is 2.23. The average Bonchev–Trinajstić information content (AvgIpc) is 2.26. The van der Waals surface area contributed by atoms with Gasteiger partial charge in [-0.2, -0.15) is 0 Å². The van der Waals surface area contributed by atoms with Gasteiger partial charge in [-0.1, -0.05) is 42.8 Å². The summed E-state index contributed by atoms with van der Waals surface area (Å²) in [5, 5.41) is 9.75.